The van der Waals surface area contributed by atoms with Crippen molar-refractivity contribution in [2.75, 3.05) is 25.0 Å². The molecule has 2 aliphatic rings. The Kier molecular flexibility index (Phi) is 2.48. The van der Waals surface area contributed by atoms with E-state index in [9.17, 15) is 0 Å². The van der Waals surface area contributed by atoms with E-state index in [1.165, 1.54) is 19.6 Å². The Morgan fingerprint density at radius 3 is 2.38 bits per heavy atom. The van der Waals surface area contributed by atoms with E-state index in [4.69, 9.17) is 0 Å². The van der Waals surface area contributed by atoms with Gasteiger partial charge < -0.3 is 4.90 Å². The van der Waals surface area contributed by atoms with Crippen molar-refractivity contribution in [2.24, 2.45) is 23.2 Å². The molecule has 1 nitrogen and oxygen atoms in total. The fourth-order valence-electron chi connectivity index (χ4n) is 2.85. The predicted molar refractivity (Wildman–Crippen MR) is 60.2 cm³/mol. The highest BCUT2D eigenvalue weighted by Crippen LogP contribution is 2.61. The maximum Gasteiger partial charge on any atom is 0.00692 e. The first kappa shape index (κ1) is 9.97. The van der Waals surface area contributed by atoms with E-state index in [0.717, 1.165) is 23.1 Å². The van der Waals surface area contributed by atoms with Crippen molar-refractivity contribution in [3.8, 4) is 0 Å². The fraction of sp³-hybridized carbons (Fsp3) is 1.00. The number of halogens is 1. The topological polar surface area (TPSA) is 3.24 Å². The summed E-state index contributed by atoms with van der Waals surface area (Å²) in [7, 11) is 0. The highest BCUT2D eigenvalue weighted by Gasteiger charge is 2.61. The van der Waals surface area contributed by atoms with Gasteiger partial charge in [0.25, 0.3) is 0 Å². The lowest BCUT2D eigenvalue weighted by Gasteiger charge is -2.24. The molecule has 0 amide bonds. The molecule has 1 saturated heterocycles. The standard InChI is InChI=1S/C11H20BrN/c1-8(4-12)5-13-6-9-10(7-13)11(9,2)3/h8-10H,4-7H2,1-3H3. The molecule has 1 aliphatic heterocycles. The van der Waals surface area contributed by atoms with Crippen LogP contribution in [0.4, 0.5) is 0 Å². The molecule has 13 heavy (non-hydrogen) atoms. The molecular formula is C11H20BrN. The van der Waals surface area contributed by atoms with Gasteiger partial charge >= 0.3 is 0 Å². The normalized spacial score (nSPS) is 38.8. The van der Waals surface area contributed by atoms with Crippen molar-refractivity contribution in [1.82, 2.24) is 4.90 Å². The van der Waals surface area contributed by atoms with Crippen LogP contribution in [0.5, 0.6) is 0 Å². The Morgan fingerprint density at radius 2 is 1.92 bits per heavy atom. The van der Waals surface area contributed by atoms with E-state index < -0.39 is 0 Å². The van der Waals surface area contributed by atoms with Crippen molar-refractivity contribution in [3.63, 3.8) is 0 Å². The van der Waals surface area contributed by atoms with Gasteiger partial charge in [-0.3, -0.25) is 0 Å². The van der Waals surface area contributed by atoms with Crippen LogP contribution >= 0.6 is 15.9 Å². The van der Waals surface area contributed by atoms with E-state index in [-0.39, 0.29) is 0 Å². The molecule has 1 aliphatic carbocycles. The summed E-state index contributed by atoms with van der Waals surface area (Å²) in [6.45, 7) is 11.2. The van der Waals surface area contributed by atoms with Crippen LogP contribution in [0.3, 0.4) is 0 Å². The minimum atomic E-state index is 0.675. The maximum atomic E-state index is 3.54. The summed E-state index contributed by atoms with van der Waals surface area (Å²) < 4.78 is 0. The lowest BCUT2D eigenvalue weighted by molar-refractivity contribution is 0.236. The summed E-state index contributed by atoms with van der Waals surface area (Å²) in [5, 5.41) is 1.14. The monoisotopic (exact) mass is 245 g/mol. The van der Waals surface area contributed by atoms with E-state index in [1.54, 1.807) is 0 Å². The smallest absolute Gasteiger partial charge is 0.00692 e. The summed E-state index contributed by atoms with van der Waals surface area (Å²) >= 11 is 3.54. The minimum absolute atomic E-state index is 0.675. The van der Waals surface area contributed by atoms with Crippen LogP contribution < -0.4 is 0 Å². The Hall–Kier alpha value is 0.440. The van der Waals surface area contributed by atoms with Crippen LogP contribution in [0.15, 0.2) is 0 Å². The Balaban J connectivity index is 1.78. The van der Waals surface area contributed by atoms with Gasteiger partial charge in [-0.2, -0.15) is 0 Å². The fourth-order valence-corrected chi connectivity index (χ4v) is 3.06. The summed E-state index contributed by atoms with van der Waals surface area (Å²) in [6, 6.07) is 0. The van der Waals surface area contributed by atoms with Gasteiger partial charge in [0.15, 0.2) is 0 Å². The van der Waals surface area contributed by atoms with Gasteiger partial charge in [0.05, 0.1) is 0 Å². The number of hydrogen-bond donors (Lipinski definition) is 0. The first-order valence-electron chi connectivity index (χ1n) is 5.34. The second-order valence-electron chi connectivity index (χ2n) is 5.51. The average molecular weight is 246 g/mol. The first-order valence-corrected chi connectivity index (χ1v) is 6.46. The van der Waals surface area contributed by atoms with Crippen molar-refractivity contribution in [1.29, 1.82) is 0 Å². The lowest BCUT2D eigenvalue weighted by Crippen LogP contribution is -2.31. The van der Waals surface area contributed by atoms with Crippen LogP contribution in [-0.2, 0) is 0 Å². The van der Waals surface area contributed by atoms with Crippen LogP contribution in [0.2, 0.25) is 0 Å². The van der Waals surface area contributed by atoms with Gasteiger partial charge in [0, 0.05) is 25.0 Å². The largest absolute Gasteiger partial charge is 0.302 e. The van der Waals surface area contributed by atoms with E-state index >= 15 is 0 Å². The molecule has 0 bridgehead atoms. The molecule has 1 heterocycles. The second kappa shape index (κ2) is 3.23. The zero-order valence-corrected chi connectivity index (χ0v) is 10.5. The number of likely N-dealkylation sites (tertiary alicyclic amines) is 1. The quantitative estimate of drug-likeness (QED) is 0.692. The van der Waals surface area contributed by atoms with E-state index in [1.807, 2.05) is 0 Å². The molecule has 0 radical (unpaired) electrons. The number of rotatable bonds is 3. The van der Waals surface area contributed by atoms with Crippen molar-refractivity contribution in [3.05, 3.63) is 0 Å². The number of alkyl halides is 1. The zero-order chi connectivity index (χ0) is 9.64. The van der Waals surface area contributed by atoms with E-state index in [0.29, 0.717) is 5.41 Å². The molecule has 0 N–H and O–H groups in total. The highest BCUT2D eigenvalue weighted by molar-refractivity contribution is 9.09. The second-order valence-corrected chi connectivity index (χ2v) is 6.16. The molecule has 2 fully saturated rings. The van der Waals surface area contributed by atoms with Crippen molar-refractivity contribution < 1.29 is 0 Å². The molecule has 0 spiro atoms. The van der Waals surface area contributed by atoms with Gasteiger partial charge in [0.1, 0.15) is 0 Å². The van der Waals surface area contributed by atoms with E-state index in [2.05, 4.69) is 41.6 Å². The summed E-state index contributed by atoms with van der Waals surface area (Å²) in [5.41, 5.74) is 0.675. The predicted octanol–water partition coefficient (Wildman–Crippen LogP) is 2.61. The third-order valence-electron chi connectivity index (χ3n) is 4.03. The number of fused-ring (bicyclic) bond motifs is 1. The minimum Gasteiger partial charge on any atom is -0.302 e. The molecule has 1 saturated carbocycles. The number of hydrogen-bond acceptors (Lipinski definition) is 1. The third kappa shape index (κ3) is 1.68. The van der Waals surface area contributed by atoms with Gasteiger partial charge in [0.2, 0.25) is 0 Å². The van der Waals surface area contributed by atoms with Crippen molar-refractivity contribution >= 4 is 15.9 Å². The zero-order valence-electron chi connectivity index (χ0n) is 8.89. The maximum absolute atomic E-state index is 3.54. The molecule has 76 valence electrons. The molecule has 3 unspecified atom stereocenters. The molecular weight excluding hydrogens is 226 g/mol. The van der Waals surface area contributed by atoms with Gasteiger partial charge in [-0.25, -0.2) is 0 Å². The Bertz CT molecular complexity index is 188. The molecule has 0 aromatic rings. The van der Waals surface area contributed by atoms with Gasteiger partial charge in [-0.15, -0.1) is 0 Å². The number of piperidine rings is 1. The molecule has 0 aromatic carbocycles. The Morgan fingerprint density at radius 1 is 1.38 bits per heavy atom. The average Bonchev–Trinajstić information content (AvgIpc) is 2.54. The molecule has 0 aromatic heterocycles. The van der Waals surface area contributed by atoms with Crippen LogP contribution in [0.1, 0.15) is 20.8 Å². The Labute approximate surface area is 90.0 Å². The molecule has 2 heteroatoms. The SMILES string of the molecule is CC(CBr)CN1CC2C(C1)C2(C)C. The summed E-state index contributed by atoms with van der Waals surface area (Å²) in [5.74, 6) is 2.82. The number of nitrogens with zero attached hydrogens (tertiary/aromatic N) is 1. The van der Waals surface area contributed by atoms with Crippen LogP contribution in [0.25, 0.3) is 0 Å². The van der Waals surface area contributed by atoms with Crippen molar-refractivity contribution in [2.45, 2.75) is 20.8 Å². The highest BCUT2D eigenvalue weighted by atomic mass is 79.9. The summed E-state index contributed by atoms with van der Waals surface area (Å²) in [4.78, 5) is 2.65. The first-order chi connectivity index (χ1) is 6.05. The van der Waals surface area contributed by atoms with Crippen LogP contribution in [0, 0.1) is 23.2 Å². The molecule has 2 rings (SSSR count). The lowest BCUT2D eigenvalue weighted by atomic mass is 10.1. The molecule has 3 atom stereocenters. The van der Waals surface area contributed by atoms with Gasteiger partial charge in [-0.05, 0) is 23.2 Å². The van der Waals surface area contributed by atoms with Crippen LogP contribution in [-0.4, -0.2) is 29.9 Å². The third-order valence-corrected chi connectivity index (χ3v) is 5.14. The summed E-state index contributed by atoms with van der Waals surface area (Å²) in [6.07, 6.45) is 0. The van der Waals surface area contributed by atoms with Gasteiger partial charge in [-0.1, -0.05) is 36.7 Å².